The third kappa shape index (κ3) is 2.34. The van der Waals surface area contributed by atoms with Gasteiger partial charge in [0.25, 0.3) is 0 Å². The highest BCUT2D eigenvalue weighted by Crippen LogP contribution is 2.21. The Morgan fingerprint density at radius 3 is 2.76 bits per heavy atom. The second-order valence-electron chi connectivity index (χ2n) is 3.64. The summed E-state index contributed by atoms with van der Waals surface area (Å²) in [6.45, 7) is 1.77. The molecule has 2 nitrogen and oxygen atoms in total. The first kappa shape index (κ1) is 11.7. The highest BCUT2D eigenvalue weighted by Gasteiger charge is 2.15. The van der Waals surface area contributed by atoms with E-state index in [0.29, 0.717) is 5.56 Å². The Bertz CT molecular complexity index is 583. The molecule has 0 aliphatic rings. The molecule has 0 unspecified atom stereocenters. The van der Waals surface area contributed by atoms with Crippen LogP contribution in [0.25, 0.3) is 0 Å². The summed E-state index contributed by atoms with van der Waals surface area (Å²) in [6, 6.07) is 5.34. The summed E-state index contributed by atoms with van der Waals surface area (Å²) in [5.74, 6) is -0.779. The Kier molecular flexibility index (Phi) is 3.20. The molecule has 0 bridgehead atoms. The molecule has 0 radical (unpaired) electrons. The van der Waals surface area contributed by atoms with Crippen molar-refractivity contribution in [2.75, 3.05) is 0 Å². The lowest BCUT2D eigenvalue weighted by molar-refractivity contribution is 0.103. The normalized spacial score (nSPS) is 10.3. The van der Waals surface area contributed by atoms with Crippen molar-refractivity contribution < 1.29 is 9.18 Å². The van der Waals surface area contributed by atoms with Crippen molar-refractivity contribution >= 4 is 17.4 Å². The molecule has 4 heteroatoms. The maximum absolute atomic E-state index is 13.1. The van der Waals surface area contributed by atoms with Crippen molar-refractivity contribution in [1.29, 1.82) is 0 Å². The van der Waals surface area contributed by atoms with E-state index in [2.05, 4.69) is 4.98 Å². The number of pyridine rings is 1. The Morgan fingerprint density at radius 2 is 2.06 bits per heavy atom. The predicted octanol–water partition coefficient (Wildman–Crippen LogP) is 3.41. The molecule has 86 valence electrons. The van der Waals surface area contributed by atoms with Crippen molar-refractivity contribution in [3.63, 3.8) is 0 Å². The number of hydrogen-bond acceptors (Lipinski definition) is 2. The van der Waals surface area contributed by atoms with E-state index in [9.17, 15) is 9.18 Å². The van der Waals surface area contributed by atoms with Gasteiger partial charge in [0, 0.05) is 23.5 Å². The number of ketones is 1. The van der Waals surface area contributed by atoms with Crippen LogP contribution in [0.1, 0.15) is 21.5 Å². The van der Waals surface area contributed by atoms with Crippen molar-refractivity contribution in [3.05, 3.63) is 64.2 Å². The Morgan fingerprint density at radius 1 is 1.29 bits per heavy atom. The van der Waals surface area contributed by atoms with Gasteiger partial charge in [0.15, 0.2) is 5.78 Å². The van der Waals surface area contributed by atoms with Gasteiger partial charge in [0.1, 0.15) is 5.82 Å². The summed E-state index contributed by atoms with van der Waals surface area (Å²) in [5.41, 5.74) is 1.38. The summed E-state index contributed by atoms with van der Waals surface area (Å²) >= 11 is 5.89. The van der Waals surface area contributed by atoms with Crippen molar-refractivity contribution in [1.82, 2.24) is 4.98 Å². The summed E-state index contributed by atoms with van der Waals surface area (Å²) < 4.78 is 13.1. The molecule has 2 aromatic rings. The largest absolute Gasteiger partial charge is 0.289 e. The number of aryl methyl sites for hydroxylation is 1. The molecule has 0 atom stereocenters. The fourth-order valence-corrected chi connectivity index (χ4v) is 1.75. The molecule has 0 amide bonds. The van der Waals surface area contributed by atoms with Gasteiger partial charge in [-0.2, -0.15) is 0 Å². The van der Waals surface area contributed by atoms with Crippen LogP contribution in [0.5, 0.6) is 0 Å². The summed E-state index contributed by atoms with van der Waals surface area (Å²) in [7, 11) is 0. The Balaban J connectivity index is 2.51. The van der Waals surface area contributed by atoms with Crippen LogP contribution >= 0.6 is 11.6 Å². The van der Waals surface area contributed by atoms with E-state index < -0.39 is 5.82 Å². The van der Waals surface area contributed by atoms with Crippen LogP contribution < -0.4 is 0 Å². The number of benzene rings is 1. The van der Waals surface area contributed by atoms with Gasteiger partial charge in [-0.25, -0.2) is 4.39 Å². The molecule has 1 aromatic carbocycles. The molecular formula is C13H9ClFNO. The molecule has 1 aromatic heterocycles. The SMILES string of the molecule is Cc1cnccc1C(=O)c1cc(F)ccc1Cl. The first-order chi connectivity index (χ1) is 8.09. The minimum Gasteiger partial charge on any atom is -0.289 e. The van der Waals surface area contributed by atoms with Gasteiger partial charge < -0.3 is 0 Å². The number of rotatable bonds is 2. The van der Waals surface area contributed by atoms with Gasteiger partial charge in [-0.3, -0.25) is 9.78 Å². The third-order valence-corrected chi connectivity index (χ3v) is 2.77. The lowest BCUT2D eigenvalue weighted by Crippen LogP contribution is -2.05. The van der Waals surface area contributed by atoms with Crippen LogP contribution in [-0.2, 0) is 0 Å². The van der Waals surface area contributed by atoms with Crippen molar-refractivity contribution in [2.45, 2.75) is 6.92 Å². The van der Waals surface area contributed by atoms with Crippen molar-refractivity contribution in [2.24, 2.45) is 0 Å². The number of carbonyl (C=O) groups is 1. The van der Waals surface area contributed by atoms with Crippen LogP contribution in [0.2, 0.25) is 5.02 Å². The lowest BCUT2D eigenvalue weighted by Gasteiger charge is -2.06. The fourth-order valence-electron chi connectivity index (χ4n) is 1.54. The highest BCUT2D eigenvalue weighted by molar-refractivity contribution is 6.35. The summed E-state index contributed by atoms with van der Waals surface area (Å²) in [5, 5.41) is 0.243. The van der Waals surface area contributed by atoms with Gasteiger partial charge in [-0.1, -0.05) is 11.6 Å². The van der Waals surface area contributed by atoms with Gasteiger partial charge in [0.05, 0.1) is 5.02 Å². The summed E-state index contributed by atoms with van der Waals surface area (Å²) in [6.07, 6.45) is 3.11. The van der Waals surface area contributed by atoms with E-state index in [1.165, 1.54) is 18.3 Å². The quantitative estimate of drug-likeness (QED) is 0.764. The van der Waals surface area contributed by atoms with Crippen LogP contribution in [0.3, 0.4) is 0 Å². The number of carbonyl (C=O) groups excluding carboxylic acids is 1. The average molecular weight is 250 g/mol. The van der Waals surface area contributed by atoms with Crippen LogP contribution in [0.4, 0.5) is 4.39 Å². The van der Waals surface area contributed by atoms with Gasteiger partial charge in [-0.05, 0) is 36.8 Å². The molecule has 17 heavy (non-hydrogen) atoms. The maximum Gasteiger partial charge on any atom is 0.195 e. The Hall–Kier alpha value is -1.74. The highest BCUT2D eigenvalue weighted by atomic mass is 35.5. The van der Waals surface area contributed by atoms with E-state index in [1.54, 1.807) is 19.2 Å². The average Bonchev–Trinajstić information content (AvgIpc) is 2.32. The molecule has 0 N–H and O–H groups in total. The van der Waals surface area contributed by atoms with Gasteiger partial charge in [0.2, 0.25) is 0 Å². The second-order valence-corrected chi connectivity index (χ2v) is 4.05. The van der Waals surface area contributed by atoms with Gasteiger partial charge >= 0.3 is 0 Å². The summed E-state index contributed by atoms with van der Waals surface area (Å²) in [4.78, 5) is 16.1. The number of hydrogen-bond donors (Lipinski definition) is 0. The number of halogens is 2. The Labute approximate surface area is 103 Å². The zero-order valence-corrected chi connectivity index (χ0v) is 9.83. The van der Waals surface area contributed by atoms with E-state index in [4.69, 9.17) is 11.6 Å². The smallest absolute Gasteiger partial charge is 0.195 e. The third-order valence-electron chi connectivity index (χ3n) is 2.44. The van der Waals surface area contributed by atoms with E-state index in [0.717, 1.165) is 11.6 Å². The minimum atomic E-state index is -0.482. The van der Waals surface area contributed by atoms with Crippen LogP contribution in [0.15, 0.2) is 36.7 Å². The zero-order valence-electron chi connectivity index (χ0n) is 9.08. The molecular weight excluding hydrogens is 241 g/mol. The standard InChI is InChI=1S/C13H9ClFNO/c1-8-7-16-5-4-10(8)13(17)11-6-9(15)2-3-12(11)14/h2-7H,1H3. The molecule has 0 fully saturated rings. The van der Waals surface area contributed by atoms with Crippen molar-refractivity contribution in [3.8, 4) is 0 Å². The monoisotopic (exact) mass is 249 g/mol. The zero-order chi connectivity index (χ0) is 12.4. The molecule has 0 spiro atoms. The topological polar surface area (TPSA) is 30.0 Å². The molecule has 0 aliphatic heterocycles. The first-order valence-electron chi connectivity index (χ1n) is 5.00. The van der Waals surface area contributed by atoms with E-state index in [1.807, 2.05) is 0 Å². The maximum atomic E-state index is 13.1. The van der Waals surface area contributed by atoms with E-state index in [-0.39, 0.29) is 16.4 Å². The van der Waals surface area contributed by atoms with Crippen LogP contribution in [-0.4, -0.2) is 10.8 Å². The van der Waals surface area contributed by atoms with Crippen LogP contribution in [0, 0.1) is 12.7 Å². The molecule has 0 saturated carbocycles. The first-order valence-corrected chi connectivity index (χ1v) is 5.38. The predicted molar refractivity (Wildman–Crippen MR) is 63.8 cm³/mol. The fraction of sp³-hybridized carbons (Fsp3) is 0.0769. The molecule has 2 rings (SSSR count). The second kappa shape index (κ2) is 4.63. The number of nitrogens with zero attached hydrogens (tertiary/aromatic N) is 1. The molecule has 0 saturated heterocycles. The molecule has 1 heterocycles. The van der Waals surface area contributed by atoms with Gasteiger partial charge in [-0.15, -0.1) is 0 Å². The number of aromatic nitrogens is 1. The lowest BCUT2D eigenvalue weighted by atomic mass is 10.0. The molecule has 0 aliphatic carbocycles. The van der Waals surface area contributed by atoms with E-state index >= 15 is 0 Å². The minimum absolute atomic E-state index is 0.168.